The zero-order chi connectivity index (χ0) is 11.7. The molecule has 2 aromatic rings. The first-order valence-corrected chi connectivity index (χ1v) is 5.33. The van der Waals surface area contributed by atoms with Crippen molar-refractivity contribution < 1.29 is 9.47 Å². The predicted molar refractivity (Wildman–Crippen MR) is 66.7 cm³/mol. The highest BCUT2D eigenvalue weighted by Crippen LogP contribution is 2.35. The summed E-state index contributed by atoms with van der Waals surface area (Å²) >= 11 is 0. The summed E-state index contributed by atoms with van der Waals surface area (Å²) in [4.78, 5) is 0. The van der Waals surface area contributed by atoms with Crippen LogP contribution in [0, 0.1) is 0 Å². The summed E-state index contributed by atoms with van der Waals surface area (Å²) in [6, 6.07) is 13.3. The molecular weight excluding hydrogens is 216 g/mol. The van der Waals surface area contributed by atoms with Crippen molar-refractivity contribution in [2.24, 2.45) is 0 Å². The molecule has 4 nitrogen and oxygen atoms in total. The van der Waals surface area contributed by atoms with Gasteiger partial charge in [0, 0.05) is 23.1 Å². The van der Waals surface area contributed by atoms with Gasteiger partial charge in [-0.05, 0) is 36.4 Å². The van der Waals surface area contributed by atoms with Crippen LogP contribution >= 0.6 is 0 Å². The Balaban J connectivity index is 1.83. The molecule has 0 aliphatic carbocycles. The number of anilines is 3. The molecule has 3 N–H and O–H groups in total. The summed E-state index contributed by atoms with van der Waals surface area (Å²) < 4.78 is 10.6. The minimum atomic E-state index is 0.292. The first kappa shape index (κ1) is 9.84. The van der Waals surface area contributed by atoms with Crippen LogP contribution in [0.5, 0.6) is 11.5 Å². The Morgan fingerprint density at radius 1 is 0.882 bits per heavy atom. The molecule has 0 aromatic heterocycles. The molecular formula is C13H12N2O2. The molecule has 0 radical (unpaired) electrons. The van der Waals surface area contributed by atoms with E-state index in [0.29, 0.717) is 6.79 Å². The van der Waals surface area contributed by atoms with Crippen molar-refractivity contribution in [1.29, 1.82) is 0 Å². The predicted octanol–water partition coefficient (Wildman–Crippen LogP) is 2.74. The molecule has 2 aromatic carbocycles. The summed E-state index contributed by atoms with van der Waals surface area (Å²) in [6.07, 6.45) is 0. The Bertz CT molecular complexity index is 538. The number of nitrogens with one attached hydrogen (secondary N) is 1. The molecule has 86 valence electrons. The first-order valence-electron chi connectivity index (χ1n) is 5.33. The Hall–Kier alpha value is -2.36. The zero-order valence-electron chi connectivity index (χ0n) is 9.14. The quantitative estimate of drug-likeness (QED) is 0.776. The van der Waals surface area contributed by atoms with Crippen LogP contribution < -0.4 is 20.5 Å². The molecule has 0 bridgehead atoms. The van der Waals surface area contributed by atoms with E-state index in [9.17, 15) is 0 Å². The van der Waals surface area contributed by atoms with Crippen LogP contribution in [-0.4, -0.2) is 6.79 Å². The van der Waals surface area contributed by atoms with Gasteiger partial charge < -0.3 is 20.5 Å². The van der Waals surface area contributed by atoms with Crippen LogP contribution in [0.4, 0.5) is 17.1 Å². The highest BCUT2D eigenvalue weighted by molar-refractivity contribution is 5.65. The third-order valence-corrected chi connectivity index (χ3v) is 2.57. The number of nitrogens with two attached hydrogens (primary N) is 1. The molecule has 0 unspecified atom stereocenters. The normalized spacial score (nSPS) is 12.5. The van der Waals surface area contributed by atoms with Crippen molar-refractivity contribution in [3.63, 3.8) is 0 Å². The van der Waals surface area contributed by atoms with Crippen molar-refractivity contribution in [3.8, 4) is 11.5 Å². The van der Waals surface area contributed by atoms with Crippen LogP contribution in [0.15, 0.2) is 42.5 Å². The van der Waals surface area contributed by atoms with Gasteiger partial charge in [-0.3, -0.25) is 0 Å². The van der Waals surface area contributed by atoms with Crippen molar-refractivity contribution >= 4 is 17.1 Å². The van der Waals surface area contributed by atoms with E-state index in [1.807, 2.05) is 42.5 Å². The fourth-order valence-corrected chi connectivity index (χ4v) is 1.71. The Labute approximate surface area is 99.0 Å². The Kier molecular flexibility index (Phi) is 2.26. The topological polar surface area (TPSA) is 56.5 Å². The molecule has 0 atom stereocenters. The van der Waals surface area contributed by atoms with Gasteiger partial charge in [-0.15, -0.1) is 0 Å². The second kappa shape index (κ2) is 3.90. The van der Waals surface area contributed by atoms with E-state index in [1.54, 1.807) is 0 Å². The van der Waals surface area contributed by atoms with E-state index in [-0.39, 0.29) is 0 Å². The number of rotatable bonds is 2. The van der Waals surface area contributed by atoms with Crippen molar-refractivity contribution in [1.82, 2.24) is 0 Å². The smallest absolute Gasteiger partial charge is 0.231 e. The number of ether oxygens (including phenoxy) is 2. The van der Waals surface area contributed by atoms with Gasteiger partial charge in [0.1, 0.15) is 0 Å². The molecule has 17 heavy (non-hydrogen) atoms. The van der Waals surface area contributed by atoms with Crippen LogP contribution in [0.1, 0.15) is 0 Å². The van der Waals surface area contributed by atoms with Gasteiger partial charge >= 0.3 is 0 Å². The highest BCUT2D eigenvalue weighted by atomic mass is 16.7. The molecule has 0 saturated carbocycles. The van der Waals surface area contributed by atoms with Crippen molar-refractivity contribution in [2.45, 2.75) is 0 Å². The monoisotopic (exact) mass is 228 g/mol. The fourth-order valence-electron chi connectivity index (χ4n) is 1.71. The molecule has 1 aliphatic heterocycles. The van der Waals surface area contributed by atoms with Gasteiger partial charge in [0.25, 0.3) is 0 Å². The lowest BCUT2D eigenvalue weighted by Crippen LogP contribution is -1.93. The van der Waals surface area contributed by atoms with Gasteiger partial charge in [-0.2, -0.15) is 0 Å². The lowest BCUT2D eigenvalue weighted by molar-refractivity contribution is 0.174. The maximum atomic E-state index is 5.63. The molecule has 0 fully saturated rings. The summed E-state index contributed by atoms with van der Waals surface area (Å²) in [7, 11) is 0. The summed E-state index contributed by atoms with van der Waals surface area (Å²) in [5.41, 5.74) is 8.32. The van der Waals surface area contributed by atoms with Crippen molar-refractivity contribution in [2.75, 3.05) is 17.8 Å². The molecule has 4 heteroatoms. The molecule has 0 spiro atoms. The largest absolute Gasteiger partial charge is 0.454 e. The van der Waals surface area contributed by atoms with E-state index in [2.05, 4.69) is 5.32 Å². The SMILES string of the molecule is Nc1ccc(Nc2ccc3c(c2)OCO3)cc1. The number of hydrogen-bond donors (Lipinski definition) is 2. The number of nitrogen functional groups attached to an aromatic ring is 1. The van der Waals surface area contributed by atoms with Gasteiger partial charge in [-0.25, -0.2) is 0 Å². The number of benzene rings is 2. The van der Waals surface area contributed by atoms with E-state index < -0.39 is 0 Å². The van der Waals surface area contributed by atoms with Gasteiger partial charge in [0.05, 0.1) is 0 Å². The minimum absolute atomic E-state index is 0.292. The Morgan fingerprint density at radius 2 is 1.59 bits per heavy atom. The molecule has 1 heterocycles. The zero-order valence-corrected chi connectivity index (χ0v) is 9.14. The molecule has 0 amide bonds. The van der Waals surface area contributed by atoms with Crippen LogP contribution in [0.3, 0.4) is 0 Å². The van der Waals surface area contributed by atoms with Crippen molar-refractivity contribution in [3.05, 3.63) is 42.5 Å². The van der Waals surface area contributed by atoms with E-state index in [4.69, 9.17) is 15.2 Å². The maximum Gasteiger partial charge on any atom is 0.231 e. The van der Waals surface area contributed by atoms with Crippen LogP contribution in [0.2, 0.25) is 0 Å². The van der Waals surface area contributed by atoms with E-state index >= 15 is 0 Å². The third kappa shape index (κ3) is 1.97. The number of fused-ring (bicyclic) bond motifs is 1. The second-order valence-electron chi connectivity index (χ2n) is 3.82. The van der Waals surface area contributed by atoms with Gasteiger partial charge in [0.2, 0.25) is 6.79 Å². The summed E-state index contributed by atoms with van der Waals surface area (Å²) in [5.74, 6) is 1.55. The van der Waals surface area contributed by atoms with Gasteiger partial charge in [0.15, 0.2) is 11.5 Å². The maximum absolute atomic E-state index is 5.63. The number of hydrogen-bond acceptors (Lipinski definition) is 4. The molecule has 1 aliphatic rings. The first-order chi connectivity index (χ1) is 8.31. The van der Waals surface area contributed by atoms with E-state index in [1.165, 1.54) is 0 Å². The van der Waals surface area contributed by atoms with Crippen LogP contribution in [-0.2, 0) is 0 Å². The average Bonchev–Trinajstić information content (AvgIpc) is 2.79. The minimum Gasteiger partial charge on any atom is -0.454 e. The molecule has 0 saturated heterocycles. The second-order valence-corrected chi connectivity index (χ2v) is 3.82. The van der Waals surface area contributed by atoms with Gasteiger partial charge in [-0.1, -0.05) is 0 Å². The van der Waals surface area contributed by atoms with Crippen LogP contribution in [0.25, 0.3) is 0 Å². The molecule has 3 rings (SSSR count). The summed E-state index contributed by atoms with van der Waals surface area (Å²) in [5, 5.41) is 3.27. The standard InChI is InChI=1S/C13H12N2O2/c14-9-1-3-10(4-2-9)15-11-5-6-12-13(7-11)17-8-16-12/h1-7,15H,8,14H2. The fraction of sp³-hybridized carbons (Fsp3) is 0.0769. The highest BCUT2D eigenvalue weighted by Gasteiger charge is 2.12. The van der Waals surface area contributed by atoms with E-state index in [0.717, 1.165) is 28.6 Å². The Morgan fingerprint density at radius 3 is 2.41 bits per heavy atom. The average molecular weight is 228 g/mol. The third-order valence-electron chi connectivity index (χ3n) is 2.57. The lowest BCUT2D eigenvalue weighted by Gasteiger charge is -2.07. The summed E-state index contributed by atoms with van der Waals surface area (Å²) in [6.45, 7) is 0.292. The lowest BCUT2D eigenvalue weighted by atomic mass is 10.2.